The van der Waals surface area contributed by atoms with Crippen molar-refractivity contribution in [2.75, 3.05) is 0 Å². The molecule has 0 aliphatic carbocycles. The van der Waals surface area contributed by atoms with E-state index in [0.29, 0.717) is 4.47 Å². The number of carbonyl (C=O) groups excluding carboxylic acids is 1. The van der Waals surface area contributed by atoms with Crippen LogP contribution in [0.25, 0.3) is 0 Å². The zero-order valence-electron chi connectivity index (χ0n) is 10.8. The number of benzene rings is 2. The maximum absolute atomic E-state index is 12.1. The average Bonchev–Trinajstić information content (AvgIpc) is 2.42. The molecule has 0 aliphatic rings. The summed E-state index contributed by atoms with van der Waals surface area (Å²) in [5, 5.41) is -0.619. The normalized spacial score (nSPS) is 11.2. The van der Waals surface area contributed by atoms with E-state index in [9.17, 15) is 13.2 Å². The van der Waals surface area contributed by atoms with Crippen LogP contribution in [0.2, 0.25) is 0 Å². The van der Waals surface area contributed by atoms with Crippen LogP contribution in [0.1, 0.15) is 15.9 Å². The van der Waals surface area contributed by atoms with E-state index in [-0.39, 0.29) is 16.2 Å². The maximum Gasteiger partial charge on any atom is 0.339 e. The molecule has 110 valence electrons. The van der Waals surface area contributed by atoms with Crippen molar-refractivity contribution in [3.05, 3.63) is 58.1 Å². The predicted molar refractivity (Wildman–Crippen MR) is 83.3 cm³/mol. The Kier molecular flexibility index (Phi) is 4.70. The van der Waals surface area contributed by atoms with Crippen LogP contribution in [0.5, 0.6) is 5.75 Å². The zero-order valence-corrected chi connectivity index (χ0v) is 14.0. The third-order valence-corrected chi connectivity index (χ3v) is 5.03. The lowest BCUT2D eigenvalue weighted by molar-refractivity contribution is 0.108. The van der Waals surface area contributed by atoms with E-state index >= 15 is 0 Å². The monoisotopic (exact) mass is 388 g/mol. The van der Waals surface area contributed by atoms with E-state index in [1.54, 1.807) is 6.07 Å². The molecule has 0 amide bonds. The molecule has 0 heterocycles. The molecule has 0 spiro atoms. The highest BCUT2D eigenvalue weighted by atomic mass is 79.9. The lowest BCUT2D eigenvalue weighted by Crippen LogP contribution is -2.10. The topological polar surface area (TPSA) is 60.4 Å². The number of aryl methyl sites for hydroxylation is 1. The van der Waals surface area contributed by atoms with Crippen molar-refractivity contribution in [1.82, 2.24) is 0 Å². The lowest BCUT2D eigenvalue weighted by atomic mass is 10.2. The Morgan fingerprint density at radius 2 is 1.76 bits per heavy atom. The minimum Gasteiger partial charge on any atom is -0.379 e. The maximum atomic E-state index is 12.1. The van der Waals surface area contributed by atoms with Gasteiger partial charge in [-0.15, -0.1) is 0 Å². The Balaban J connectivity index is 2.28. The molecule has 0 fully saturated rings. The molecule has 0 radical (unpaired) electrons. The first kappa shape index (κ1) is 16.0. The summed E-state index contributed by atoms with van der Waals surface area (Å²) in [4.78, 5) is 11.0. The van der Waals surface area contributed by atoms with E-state index in [4.69, 9.17) is 15.8 Å². The summed E-state index contributed by atoms with van der Waals surface area (Å²) in [5.41, 5.74) is 1.18. The highest BCUT2D eigenvalue weighted by Gasteiger charge is 2.17. The molecular weight excluding hydrogens is 380 g/mol. The Labute approximate surface area is 135 Å². The van der Waals surface area contributed by atoms with E-state index in [1.807, 2.05) is 6.92 Å². The minimum atomic E-state index is -3.93. The van der Waals surface area contributed by atoms with Crippen LogP contribution in [0.4, 0.5) is 0 Å². The summed E-state index contributed by atoms with van der Waals surface area (Å²) < 4.78 is 30.0. The van der Waals surface area contributed by atoms with E-state index in [1.165, 1.54) is 36.4 Å². The number of hydrogen-bond donors (Lipinski definition) is 0. The van der Waals surface area contributed by atoms with Gasteiger partial charge in [-0.05, 0) is 60.5 Å². The molecule has 0 atom stereocenters. The molecule has 0 saturated heterocycles. The molecule has 4 nitrogen and oxygen atoms in total. The lowest BCUT2D eigenvalue weighted by Gasteiger charge is -2.08. The molecule has 2 rings (SSSR count). The Morgan fingerprint density at radius 1 is 1.14 bits per heavy atom. The van der Waals surface area contributed by atoms with Gasteiger partial charge >= 0.3 is 10.1 Å². The molecule has 7 heteroatoms. The number of carbonyl (C=O) groups is 1. The minimum absolute atomic E-state index is 0.0393. The fraction of sp³-hybridized carbons (Fsp3) is 0.0714. The van der Waals surface area contributed by atoms with Gasteiger partial charge in [0.15, 0.2) is 0 Å². The highest BCUT2D eigenvalue weighted by Crippen LogP contribution is 2.24. The third-order valence-electron chi connectivity index (χ3n) is 2.72. The highest BCUT2D eigenvalue weighted by molar-refractivity contribution is 9.10. The van der Waals surface area contributed by atoms with Gasteiger partial charge in [-0.2, -0.15) is 8.42 Å². The van der Waals surface area contributed by atoms with Crippen LogP contribution in [-0.4, -0.2) is 13.7 Å². The summed E-state index contributed by atoms with van der Waals surface area (Å²) in [6.07, 6.45) is 0. The van der Waals surface area contributed by atoms with Crippen LogP contribution in [0.3, 0.4) is 0 Å². The first-order valence-electron chi connectivity index (χ1n) is 5.80. The second-order valence-electron chi connectivity index (χ2n) is 4.25. The van der Waals surface area contributed by atoms with Gasteiger partial charge in [0, 0.05) is 10.0 Å². The molecule has 0 unspecified atom stereocenters. The number of hydrogen-bond acceptors (Lipinski definition) is 4. The van der Waals surface area contributed by atoms with Crippen molar-refractivity contribution < 1.29 is 17.4 Å². The van der Waals surface area contributed by atoms with Crippen molar-refractivity contribution in [3.8, 4) is 5.75 Å². The van der Waals surface area contributed by atoms with Gasteiger partial charge in [0.1, 0.15) is 10.6 Å². The first-order valence-corrected chi connectivity index (χ1v) is 8.38. The largest absolute Gasteiger partial charge is 0.379 e. The molecule has 2 aromatic carbocycles. The first-order chi connectivity index (χ1) is 9.79. The SMILES string of the molecule is Cc1ccc(S(=O)(=O)Oc2ccc(C(=O)Cl)cc2)cc1Br. The van der Waals surface area contributed by atoms with Gasteiger partial charge in [-0.1, -0.05) is 22.0 Å². The van der Waals surface area contributed by atoms with Crippen LogP contribution in [-0.2, 0) is 10.1 Å². The molecule has 0 N–H and O–H groups in total. The van der Waals surface area contributed by atoms with Crippen molar-refractivity contribution in [2.45, 2.75) is 11.8 Å². The zero-order chi connectivity index (χ0) is 15.6. The second-order valence-corrected chi connectivity index (χ2v) is 6.99. The van der Waals surface area contributed by atoms with E-state index in [2.05, 4.69) is 15.9 Å². The van der Waals surface area contributed by atoms with Gasteiger partial charge in [-0.3, -0.25) is 4.79 Å². The fourth-order valence-corrected chi connectivity index (χ4v) is 3.16. The van der Waals surface area contributed by atoms with Crippen LogP contribution in [0, 0.1) is 6.92 Å². The molecule has 21 heavy (non-hydrogen) atoms. The van der Waals surface area contributed by atoms with Gasteiger partial charge < -0.3 is 4.18 Å². The summed E-state index contributed by atoms with van der Waals surface area (Å²) in [5.74, 6) is 0.105. The van der Waals surface area contributed by atoms with Crippen molar-refractivity contribution in [3.63, 3.8) is 0 Å². The Morgan fingerprint density at radius 3 is 2.29 bits per heavy atom. The van der Waals surface area contributed by atoms with Crippen LogP contribution < -0.4 is 4.18 Å². The van der Waals surface area contributed by atoms with Gasteiger partial charge in [0.2, 0.25) is 0 Å². The number of halogens is 2. The molecule has 0 aromatic heterocycles. The molecule has 0 bridgehead atoms. The summed E-state index contributed by atoms with van der Waals surface area (Å²) in [7, 11) is -3.93. The average molecular weight is 390 g/mol. The fourth-order valence-electron chi connectivity index (χ4n) is 1.55. The molecule has 0 aliphatic heterocycles. The van der Waals surface area contributed by atoms with E-state index in [0.717, 1.165) is 5.56 Å². The van der Waals surface area contributed by atoms with E-state index < -0.39 is 15.4 Å². The van der Waals surface area contributed by atoms with Crippen molar-refractivity contribution >= 4 is 42.9 Å². The van der Waals surface area contributed by atoms with Crippen LogP contribution in [0.15, 0.2) is 51.8 Å². The standard InChI is InChI=1S/C14H10BrClO4S/c1-9-2-7-12(8-13(9)15)21(18,19)20-11-5-3-10(4-6-11)14(16)17/h2-8H,1H3. The number of rotatable bonds is 4. The molecule has 2 aromatic rings. The molecular formula is C14H10BrClO4S. The molecule has 0 saturated carbocycles. The van der Waals surface area contributed by atoms with Gasteiger partial charge in [-0.25, -0.2) is 0 Å². The summed E-state index contributed by atoms with van der Waals surface area (Å²) in [6, 6.07) is 10.1. The summed E-state index contributed by atoms with van der Waals surface area (Å²) in [6.45, 7) is 1.85. The van der Waals surface area contributed by atoms with Gasteiger partial charge in [0.25, 0.3) is 5.24 Å². The third kappa shape index (κ3) is 3.84. The van der Waals surface area contributed by atoms with Crippen molar-refractivity contribution in [1.29, 1.82) is 0 Å². The Bertz CT molecular complexity index is 785. The van der Waals surface area contributed by atoms with Gasteiger partial charge in [0.05, 0.1) is 0 Å². The smallest absolute Gasteiger partial charge is 0.339 e. The Hall–Kier alpha value is -1.37. The second kappa shape index (κ2) is 6.17. The van der Waals surface area contributed by atoms with Crippen LogP contribution >= 0.6 is 27.5 Å². The predicted octanol–water partition coefficient (Wildman–Crippen LogP) is 3.90. The quantitative estimate of drug-likeness (QED) is 0.588. The van der Waals surface area contributed by atoms with Crippen molar-refractivity contribution in [2.24, 2.45) is 0 Å². The summed E-state index contributed by atoms with van der Waals surface area (Å²) >= 11 is 8.59.